The van der Waals surface area contributed by atoms with Gasteiger partial charge in [0.15, 0.2) is 5.78 Å². The summed E-state index contributed by atoms with van der Waals surface area (Å²) >= 11 is 6.77. The van der Waals surface area contributed by atoms with E-state index in [1.807, 2.05) is 12.1 Å². The molecule has 0 saturated heterocycles. The van der Waals surface area contributed by atoms with Crippen LogP contribution in [0.2, 0.25) is 0 Å². The maximum atomic E-state index is 11.7. The van der Waals surface area contributed by atoms with Crippen LogP contribution in [-0.4, -0.2) is 12.9 Å². The van der Waals surface area contributed by atoms with Crippen LogP contribution >= 0.6 is 31.9 Å². The minimum atomic E-state index is -0.0501. The van der Waals surface area contributed by atoms with Crippen LogP contribution in [0.3, 0.4) is 0 Å². The maximum absolute atomic E-state index is 11.7. The summed E-state index contributed by atoms with van der Waals surface area (Å²) in [4.78, 5) is 11.7. The Bertz CT molecular complexity index is 654. The zero-order chi connectivity index (χ0) is 14.7. The molecule has 104 valence electrons. The fourth-order valence-corrected chi connectivity index (χ4v) is 2.48. The highest BCUT2D eigenvalue weighted by Gasteiger charge is 2.12. The summed E-state index contributed by atoms with van der Waals surface area (Å²) in [5, 5.41) is 0. The second kappa shape index (κ2) is 6.41. The first-order valence-electron chi connectivity index (χ1n) is 5.83. The molecule has 0 amide bonds. The van der Waals surface area contributed by atoms with Crippen LogP contribution in [0.5, 0.6) is 17.2 Å². The second-order valence-electron chi connectivity index (χ2n) is 4.10. The monoisotopic (exact) mass is 398 g/mol. The number of Topliss-reactive ketones (excluding diaryl/α,β-unsaturated/α-hetero) is 1. The van der Waals surface area contributed by atoms with Crippen molar-refractivity contribution >= 4 is 37.6 Å². The largest absolute Gasteiger partial charge is 0.497 e. The number of carbonyl (C=O) groups is 1. The van der Waals surface area contributed by atoms with E-state index in [-0.39, 0.29) is 5.78 Å². The average Bonchev–Trinajstić information content (AvgIpc) is 2.42. The zero-order valence-electron chi connectivity index (χ0n) is 10.9. The number of rotatable bonds is 4. The number of halogens is 2. The summed E-state index contributed by atoms with van der Waals surface area (Å²) in [5.41, 5.74) is 0.530. The van der Waals surface area contributed by atoms with E-state index in [0.29, 0.717) is 17.1 Å². The van der Waals surface area contributed by atoms with Gasteiger partial charge >= 0.3 is 0 Å². The van der Waals surface area contributed by atoms with Gasteiger partial charge in [0.25, 0.3) is 0 Å². The van der Waals surface area contributed by atoms with E-state index in [0.717, 1.165) is 14.7 Å². The maximum Gasteiger partial charge on any atom is 0.163 e. The number of benzene rings is 2. The third-order valence-electron chi connectivity index (χ3n) is 2.68. The molecular weight excluding hydrogens is 388 g/mol. The van der Waals surface area contributed by atoms with Gasteiger partial charge in [-0.3, -0.25) is 4.79 Å². The lowest BCUT2D eigenvalue weighted by molar-refractivity contribution is 0.101. The standard InChI is InChI=1S/C15H12Br2O3/c1-9(18)12-7-10(16)3-5-14(12)20-15-6-4-11(19-2)8-13(15)17/h3-8H,1-2H3. The van der Waals surface area contributed by atoms with E-state index in [4.69, 9.17) is 9.47 Å². The van der Waals surface area contributed by atoms with E-state index in [2.05, 4.69) is 31.9 Å². The van der Waals surface area contributed by atoms with Crippen LogP contribution in [-0.2, 0) is 0 Å². The van der Waals surface area contributed by atoms with Crippen molar-refractivity contribution in [1.29, 1.82) is 0 Å². The Hall–Kier alpha value is -1.33. The Morgan fingerprint density at radius 3 is 2.35 bits per heavy atom. The zero-order valence-corrected chi connectivity index (χ0v) is 14.1. The highest BCUT2D eigenvalue weighted by atomic mass is 79.9. The Balaban J connectivity index is 2.37. The molecule has 2 rings (SSSR count). The summed E-state index contributed by atoms with van der Waals surface area (Å²) in [6.07, 6.45) is 0. The van der Waals surface area contributed by atoms with Crippen LogP contribution in [0.15, 0.2) is 45.3 Å². The van der Waals surface area contributed by atoms with Crippen LogP contribution in [0.1, 0.15) is 17.3 Å². The first kappa shape index (κ1) is 15.1. The van der Waals surface area contributed by atoms with Crippen LogP contribution < -0.4 is 9.47 Å². The second-order valence-corrected chi connectivity index (χ2v) is 5.87. The minimum absolute atomic E-state index is 0.0501. The van der Waals surface area contributed by atoms with Gasteiger partial charge in [-0.15, -0.1) is 0 Å². The van der Waals surface area contributed by atoms with Gasteiger partial charge < -0.3 is 9.47 Å². The Morgan fingerprint density at radius 1 is 1.05 bits per heavy atom. The van der Waals surface area contributed by atoms with Gasteiger partial charge in [0, 0.05) is 4.47 Å². The average molecular weight is 400 g/mol. The molecule has 0 N–H and O–H groups in total. The van der Waals surface area contributed by atoms with E-state index in [1.165, 1.54) is 6.92 Å². The van der Waals surface area contributed by atoms with Crippen molar-refractivity contribution in [3.8, 4) is 17.2 Å². The molecular formula is C15H12Br2O3. The van der Waals surface area contributed by atoms with Gasteiger partial charge in [-0.1, -0.05) is 15.9 Å². The molecule has 0 bridgehead atoms. The van der Waals surface area contributed by atoms with Gasteiger partial charge in [-0.25, -0.2) is 0 Å². The molecule has 0 spiro atoms. The van der Waals surface area contributed by atoms with Crippen molar-refractivity contribution in [3.05, 3.63) is 50.9 Å². The fraction of sp³-hybridized carbons (Fsp3) is 0.133. The molecule has 0 aromatic heterocycles. The van der Waals surface area contributed by atoms with Crippen molar-refractivity contribution in [3.63, 3.8) is 0 Å². The third-order valence-corrected chi connectivity index (χ3v) is 3.79. The molecule has 0 atom stereocenters. The molecule has 0 heterocycles. The predicted molar refractivity (Wildman–Crippen MR) is 84.9 cm³/mol. The van der Waals surface area contributed by atoms with Crippen LogP contribution in [0.25, 0.3) is 0 Å². The number of hydrogen-bond acceptors (Lipinski definition) is 3. The van der Waals surface area contributed by atoms with Crippen molar-refractivity contribution < 1.29 is 14.3 Å². The van der Waals surface area contributed by atoms with Gasteiger partial charge in [0.1, 0.15) is 17.2 Å². The van der Waals surface area contributed by atoms with E-state index < -0.39 is 0 Å². The topological polar surface area (TPSA) is 35.5 Å². The van der Waals surface area contributed by atoms with E-state index >= 15 is 0 Å². The molecule has 0 aliphatic carbocycles. The molecule has 5 heteroatoms. The summed E-state index contributed by atoms with van der Waals surface area (Å²) in [5.74, 6) is 1.82. The van der Waals surface area contributed by atoms with Gasteiger partial charge in [0.05, 0.1) is 17.1 Å². The molecule has 3 nitrogen and oxygen atoms in total. The normalized spacial score (nSPS) is 10.2. The quantitative estimate of drug-likeness (QED) is 0.661. The first-order chi connectivity index (χ1) is 9.51. The summed E-state index contributed by atoms with van der Waals surface area (Å²) < 4.78 is 12.5. The van der Waals surface area contributed by atoms with Crippen molar-refractivity contribution in [2.45, 2.75) is 6.92 Å². The lowest BCUT2D eigenvalue weighted by Gasteiger charge is -2.12. The van der Waals surface area contributed by atoms with E-state index in [9.17, 15) is 4.79 Å². The Kier molecular flexibility index (Phi) is 4.83. The summed E-state index contributed by atoms with van der Waals surface area (Å²) in [6.45, 7) is 1.51. The molecule has 0 aliphatic heterocycles. The number of ether oxygens (including phenoxy) is 2. The SMILES string of the molecule is COc1ccc(Oc2ccc(Br)cc2C(C)=O)c(Br)c1. The number of hydrogen-bond donors (Lipinski definition) is 0. The molecule has 0 saturated carbocycles. The minimum Gasteiger partial charge on any atom is -0.497 e. The van der Waals surface area contributed by atoms with Crippen molar-refractivity contribution in [2.24, 2.45) is 0 Å². The van der Waals surface area contributed by atoms with E-state index in [1.54, 1.807) is 31.4 Å². The van der Waals surface area contributed by atoms with Gasteiger partial charge in [-0.2, -0.15) is 0 Å². The highest BCUT2D eigenvalue weighted by Crippen LogP contribution is 2.35. The lowest BCUT2D eigenvalue weighted by atomic mass is 10.1. The molecule has 2 aromatic carbocycles. The molecule has 20 heavy (non-hydrogen) atoms. The van der Waals surface area contributed by atoms with Crippen molar-refractivity contribution in [2.75, 3.05) is 7.11 Å². The molecule has 2 aromatic rings. The Labute approximate surface area is 134 Å². The van der Waals surface area contributed by atoms with Gasteiger partial charge in [-0.05, 0) is 59.3 Å². The number of carbonyl (C=O) groups excluding carboxylic acids is 1. The highest BCUT2D eigenvalue weighted by molar-refractivity contribution is 9.10. The Morgan fingerprint density at radius 2 is 1.75 bits per heavy atom. The third kappa shape index (κ3) is 3.41. The van der Waals surface area contributed by atoms with Crippen LogP contribution in [0, 0.1) is 0 Å². The molecule has 0 fully saturated rings. The number of methoxy groups -OCH3 is 1. The molecule has 0 radical (unpaired) electrons. The molecule has 0 aliphatic rings. The van der Waals surface area contributed by atoms with Crippen molar-refractivity contribution in [1.82, 2.24) is 0 Å². The first-order valence-corrected chi connectivity index (χ1v) is 7.41. The van der Waals surface area contributed by atoms with Gasteiger partial charge in [0.2, 0.25) is 0 Å². The predicted octanol–water partition coefficient (Wildman–Crippen LogP) is 5.22. The van der Waals surface area contributed by atoms with Crippen LogP contribution in [0.4, 0.5) is 0 Å². The summed E-state index contributed by atoms with van der Waals surface area (Å²) in [7, 11) is 1.60. The fourth-order valence-electron chi connectivity index (χ4n) is 1.68. The lowest BCUT2D eigenvalue weighted by Crippen LogP contribution is -1.97. The summed E-state index contributed by atoms with van der Waals surface area (Å²) in [6, 6.07) is 10.7. The smallest absolute Gasteiger partial charge is 0.163 e. The number of ketones is 1. The molecule has 0 unspecified atom stereocenters.